The van der Waals surface area contributed by atoms with Crippen molar-refractivity contribution in [1.82, 2.24) is 0 Å². The second-order valence-corrected chi connectivity index (χ2v) is 3.94. The molecule has 1 aromatic carbocycles. The summed E-state index contributed by atoms with van der Waals surface area (Å²) in [6.07, 6.45) is 0.851. The van der Waals surface area contributed by atoms with Gasteiger partial charge < -0.3 is 10.5 Å². The van der Waals surface area contributed by atoms with E-state index in [9.17, 15) is 4.39 Å². The molecular weight excluding hydrogens is 181 g/mol. The van der Waals surface area contributed by atoms with E-state index >= 15 is 0 Å². The summed E-state index contributed by atoms with van der Waals surface area (Å²) in [4.78, 5) is 0. The van der Waals surface area contributed by atoms with Crippen molar-refractivity contribution in [2.24, 2.45) is 0 Å². The van der Waals surface area contributed by atoms with E-state index in [-0.39, 0.29) is 11.4 Å². The van der Waals surface area contributed by atoms with Crippen molar-refractivity contribution in [3.8, 4) is 5.75 Å². The number of halogens is 1. The fraction of sp³-hybridized carbons (Fsp3) is 0.455. The minimum atomic E-state index is -0.369. The van der Waals surface area contributed by atoms with Gasteiger partial charge in [0.1, 0.15) is 17.2 Å². The van der Waals surface area contributed by atoms with Crippen molar-refractivity contribution in [3.05, 3.63) is 24.0 Å². The first-order valence-corrected chi connectivity index (χ1v) is 4.68. The van der Waals surface area contributed by atoms with Crippen LogP contribution in [0, 0.1) is 5.82 Å². The topological polar surface area (TPSA) is 35.2 Å². The van der Waals surface area contributed by atoms with E-state index in [1.807, 2.05) is 20.8 Å². The Balaban J connectivity index is 2.87. The SMILES string of the molecule is CCC(C)(C)Oc1cc(N)cc(F)c1. The first-order valence-electron chi connectivity index (χ1n) is 4.68. The number of nitrogens with two attached hydrogens (primary N) is 1. The van der Waals surface area contributed by atoms with Crippen molar-refractivity contribution >= 4 is 5.69 Å². The smallest absolute Gasteiger partial charge is 0.128 e. The van der Waals surface area contributed by atoms with E-state index in [2.05, 4.69) is 0 Å². The fourth-order valence-corrected chi connectivity index (χ4v) is 1.03. The van der Waals surface area contributed by atoms with E-state index in [0.29, 0.717) is 11.4 Å². The maximum atomic E-state index is 12.9. The van der Waals surface area contributed by atoms with E-state index in [0.717, 1.165) is 6.42 Å². The molecule has 0 radical (unpaired) electrons. The molecule has 0 atom stereocenters. The first kappa shape index (κ1) is 10.8. The van der Waals surface area contributed by atoms with Gasteiger partial charge in [0.2, 0.25) is 0 Å². The highest BCUT2D eigenvalue weighted by Gasteiger charge is 2.17. The molecule has 0 bridgehead atoms. The number of ether oxygens (including phenoxy) is 1. The van der Waals surface area contributed by atoms with Gasteiger partial charge >= 0.3 is 0 Å². The molecule has 0 heterocycles. The van der Waals surface area contributed by atoms with Crippen molar-refractivity contribution in [3.63, 3.8) is 0 Å². The first-order chi connectivity index (χ1) is 6.43. The van der Waals surface area contributed by atoms with Gasteiger partial charge in [0.25, 0.3) is 0 Å². The van der Waals surface area contributed by atoms with Gasteiger partial charge in [0.05, 0.1) is 0 Å². The monoisotopic (exact) mass is 197 g/mol. The van der Waals surface area contributed by atoms with Crippen molar-refractivity contribution < 1.29 is 9.13 Å². The molecule has 0 saturated heterocycles. The van der Waals surface area contributed by atoms with E-state index in [1.54, 1.807) is 6.07 Å². The molecule has 3 heteroatoms. The van der Waals surface area contributed by atoms with Gasteiger partial charge in [-0.25, -0.2) is 4.39 Å². The van der Waals surface area contributed by atoms with E-state index in [1.165, 1.54) is 12.1 Å². The van der Waals surface area contributed by atoms with Gasteiger partial charge in [-0.15, -0.1) is 0 Å². The summed E-state index contributed by atoms with van der Waals surface area (Å²) in [6.45, 7) is 5.92. The molecule has 1 rings (SSSR count). The van der Waals surface area contributed by atoms with Crippen LogP contribution >= 0.6 is 0 Å². The summed E-state index contributed by atoms with van der Waals surface area (Å²) in [5, 5.41) is 0. The summed E-state index contributed by atoms with van der Waals surface area (Å²) >= 11 is 0. The largest absolute Gasteiger partial charge is 0.488 e. The minimum absolute atomic E-state index is 0.291. The lowest BCUT2D eigenvalue weighted by Crippen LogP contribution is -2.26. The number of hydrogen-bond donors (Lipinski definition) is 1. The summed E-state index contributed by atoms with van der Waals surface area (Å²) in [5.74, 6) is 0.112. The van der Waals surface area contributed by atoms with Crippen LogP contribution in [0.15, 0.2) is 18.2 Å². The van der Waals surface area contributed by atoms with Gasteiger partial charge in [-0.1, -0.05) is 6.92 Å². The van der Waals surface area contributed by atoms with E-state index in [4.69, 9.17) is 10.5 Å². The maximum Gasteiger partial charge on any atom is 0.128 e. The van der Waals surface area contributed by atoms with Crippen LogP contribution in [-0.2, 0) is 0 Å². The third kappa shape index (κ3) is 2.91. The Morgan fingerprint density at radius 3 is 2.50 bits per heavy atom. The number of rotatable bonds is 3. The van der Waals surface area contributed by atoms with Gasteiger partial charge in [0.15, 0.2) is 0 Å². The number of benzene rings is 1. The van der Waals surface area contributed by atoms with Crippen LogP contribution < -0.4 is 10.5 Å². The zero-order valence-electron chi connectivity index (χ0n) is 8.80. The highest BCUT2D eigenvalue weighted by Crippen LogP contribution is 2.23. The molecule has 0 aliphatic carbocycles. The molecule has 0 aliphatic rings. The molecule has 0 amide bonds. The van der Waals surface area contributed by atoms with E-state index < -0.39 is 0 Å². The van der Waals surface area contributed by atoms with Crippen molar-refractivity contribution in [2.75, 3.05) is 5.73 Å². The van der Waals surface area contributed by atoms with Gasteiger partial charge in [0, 0.05) is 17.8 Å². The van der Waals surface area contributed by atoms with Crippen LogP contribution in [-0.4, -0.2) is 5.60 Å². The Hall–Kier alpha value is -1.25. The summed E-state index contributed by atoms with van der Waals surface area (Å²) in [7, 11) is 0. The predicted octanol–water partition coefficient (Wildman–Crippen LogP) is 2.98. The molecule has 0 fully saturated rings. The third-order valence-electron chi connectivity index (χ3n) is 2.14. The number of hydrogen-bond acceptors (Lipinski definition) is 2. The molecule has 0 aromatic heterocycles. The normalized spacial score (nSPS) is 11.4. The highest BCUT2D eigenvalue weighted by molar-refractivity contribution is 5.44. The van der Waals surface area contributed by atoms with Crippen LogP contribution in [0.3, 0.4) is 0 Å². The Kier molecular flexibility index (Phi) is 2.99. The van der Waals surface area contributed by atoms with Crippen LogP contribution in [0.5, 0.6) is 5.75 Å². The average molecular weight is 197 g/mol. The summed E-state index contributed by atoms with van der Waals surface area (Å²) < 4.78 is 18.5. The van der Waals surface area contributed by atoms with Gasteiger partial charge in [-0.05, 0) is 26.3 Å². The molecule has 1 aromatic rings. The molecule has 0 saturated carbocycles. The number of anilines is 1. The molecular formula is C11H16FNO. The molecule has 0 unspecified atom stereocenters. The Bertz CT molecular complexity index is 303. The van der Waals surface area contributed by atoms with Crippen LogP contribution in [0.25, 0.3) is 0 Å². The molecule has 2 nitrogen and oxygen atoms in total. The zero-order chi connectivity index (χ0) is 10.8. The predicted molar refractivity (Wildman–Crippen MR) is 55.8 cm³/mol. The summed E-state index contributed by atoms with van der Waals surface area (Å²) in [5.41, 5.74) is 5.59. The lowest BCUT2D eigenvalue weighted by Gasteiger charge is -2.24. The minimum Gasteiger partial charge on any atom is -0.488 e. The molecule has 0 spiro atoms. The van der Waals surface area contributed by atoms with Crippen LogP contribution in [0.1, 0.15) is 27.2 Å². The molecule has 2 N–H and O–H groups in total. The van der Waals surface area contributed by atoms with Crippen molar-refractivity contribution in [2.45, 2.75) is 32.8 Å². The quantitative estimate of drug-likeness (QED) is 0.756. The standard InChI is InChI=1S/C11H16FNO/c1-4-11(2,3)14-10-6-8(12)5-9(13)7-10/h5-7H,4,13H2,1-3H3. The molecule has 0 aliphatic heterocycles. The zero-order valence-corrected chi connectivity index (χ0v) is 8.80. The van der Waals surface area contributed by atoms with Crippen LogP contribution in [0.2, 0.25) is 0 Å². The fourth-order valence-electron chi connectivity index (χ4n) is 1.03. The van der Waals surface area contributed by atoms with Gasteiger partial charge in [-0.3, -0.25) is 0 Å². The second kappa shape index (κ2) is 3.86. The molecule has 78 valence electrons. The van der Waals surface area contributed by atoms with Crippen LogP contribution in [0.4, 0.5) is 10.1 Å². The van der Waals surface area contributed by atoms with Crippen molar-refractivity contribution in [1.29, 1.82) is 0 Å². The lowest BCUT2D eigenvalue weighted by atomic mass is 10.1. The Morgan fingerprint density at radius 2 is 2.00 bits per heavy atom. The summed E-state index contributed by atoms with van der Waals surface area (Å²) in [6, 6.07) is 4.24. The second-order valence-electron chi connectivity index (χ2n) is 3.94. The maximum absolute atomic E-state index is 12.9. The van der Waals surface area contributed by atoms with Gasteiger partial charge in [-0.2, -0.15) is 0 Å². The highest BCUT2D eigenvalue weighted by atomic mass is 19.1. The molecule has 14 heavy (non-hydrogen) atoms. The Labute approximate surface area is 83.9 Å². The number of nitrogen functional groups attached to an aromatic ring is 1. The third-order valence-corrected chi connectivity index (χ3v) is 2.14. The lowest BCUT2D eigenvalue weighted by molar-refractivity contribution is 0.105. The Morgan fingerprint density at radius 1 is 1.36 bits per heavy atom. The average Bonchev–Trinajstić information content (AvgIpc) is 2.01.